The van der Waals surface area contributed by atoms with Gasteiger partial charge in [-0.2, -0.15) is 0 Å². The van der Waals surface area contributed by atoms with Crippen LogP contribution < -0.4 is 10.2 Å². The Morgan fingerprint density at radius 2 is 2.24 bits per heavy atom. The van der Waals surface area contributed by atoms with Crippen LogP contribution in [0.2, 0.25) is 0 Å². The fraction of sp³-hybridized carbons (Fsp3) is 0.625. The lowest BCUT2D eigenvalue weighted by Gasteiger charge is -2.38. The van der Waals surface area contributed by atoms with Crippen molar-refractivity contribution in [1.82, 2.24) is 5.32 Å². The molecule has 1 fully saturated rings. The third kappa shape index (κ3) is 4.40. The van der Waals surface area contributed by atoms with Crippen molar-refractivity contribution in [2.24, 2.45) is 0 Å². The summed E-state index contributed by atoms with van der Waals surface area (Å²) in [5, 5.41) is 12.7. The predicted octanol–water partition coefficient (Wildman–Crippen LogP) is 1.91. The highest BCUT2D eigenvalue weighted by atomic mass is 19.1. The SMILES string of the molecule is CCCNCc1cc(F)ccc1N1CC(C)OC(CO)C1. The number of anilines is 1. The van der Waals surface area contributed by atoms with E-state index in [0.717, 1.165) is 30.8 Å². The second-order valence-electron chi connectivity index (χ2n) is 5.61. The van der Waals surface area contributed by atoms with Crippen molar-refractivity contribution in [2.75, 3.05) is 31.1 Å². The number of ether oxygens (including phenoxy) is 1. The number of morpholine rings is 1. The maximum atomic E-state index is 13.5. The molecule has 0 spiro atoms. The molecule has 1 heterocycles. The highest BCUT2D eigenvalue weighted by Gasteiger charge is 2.26. The van der Waals surface area contributed by atoms with Crippen LogP contribution in [0.4, 0.5) is 10.1 Å². The second kappa shape index (κ2) is 7.73. The number of aliphatic hydroxyl groups excluding tert-OH is 1. The number of hydrogen-bond donors (Lipinski definition) is 2. The normalized spacial score (nSPS) is 22.6. The van der Waals surface area contributed by atoms with Crippen molar-refractivity contribution >= 4 is 5.69 Å². The molecular formula is C16H25FN2O2. The summed E-state index contributed by atoms with van der Waals surface area (Å²) in [5.74, 6) is -0.216. The second-order valence-corrected chi connectivity index (χ2v) is 5.61. The van der Waals surface area contributed by atoms with Gasteiger partial charge in [0, 0.05) is 25.3 Å². The Balaban J connectivity index is 2.16. The lowest BCUT2D eigenvalue weighted by atomic mass is 10.1. The molecule has 1 aromatic carbocycles. The number of nitrogens with one attached hydrogen (secondary N) is 1. The molecule has 1 aromatic rings. The van der Waals surface area contributed by atoms with Crippen molar-refractivity contribution in [2.45, 2.75) is 39.0 Å². The first-order chi connectivity index (χ1) is 10.1. The quantitative estimate of drug-likeness (QED) is 0.787. The molecule has 4 nitrogen and oxygen atoms in total. The first-order valence-corrected chi connectivity index (χ1v) is 7.64. The van der Waals surface area contributed by atoms with Gasteiger partial charge in [0.25, 0.3) is 0 Å². The van der Waals surface area contributed by atoms with Crippen LogP contribution in [0.25, 0.3) is 0 Å². The van der Waals surface area contributed by atoms with E-state index in [9.17, 15) is 9.50 Å². The molecule has 2 N–H and O–H groups in total. The van der Waals surface area contributed by atoms with Crippen LogP contribution >= 0.6 is 0 Å². The topological polar surface area (TPSA) is 44.7 Å². The summed E-state index contributed by atoms with van der Waals surface area (Å²) < 4.78 is 19.2. The predicted molar refractivity (Wildman–Crippen MR) is 82.0 cm³/mol. The molecule has 2 unspecified atom stereocenters. The van der Waals surface area contributed by atoms with Gasteiger partial charge >= 0.3 is 0 Å². The molecule has 0 aromatic heterocycles. The van der Waals surface area contributed by atoms with Crippen LogP contribution in [0.3, 0.4) is 0 Å². The molecule has 2 rings (SSSR count). The molecule has 2 atom stereocenters. The van der Waals surface area contributed by atoms with Crippen LogP contribution in [-0.2, 0) is 11.3 Å². The molecule has 0 amide bonds. The maximum absolute atomic E-state index is 13.5. The summed E-state index contributed by atoms with van der Waals surface area (Å²) in [6, 6.07) is 4.91. The lowest BCUT2D eigenvalue weighted by Crippen LogP contribution is -2.48. The third-order valence-electron chi connectivity index (χ3n) is 3.65. The number of benzene rings is 1. The van der Waals surface area contributed by atoms with E-state index in [-0.39, 0.29) is 24.6 Å². The molecule has 118 valence electrons. The maximum Gasteiger partial charge on any atom is 0.123 e. The minimum absolute atomic E-state index is 0.00541. The largest absolute Gasteiger partial charge is 0.394 e. The summed E-state index contributed by atoms with van der Waals surface area (Å²) >= 11 is 0. The average Bonchev–Trinajstić information content (AvgIpc) is 2.47. The molecule has 1 aliphatic rings. The Morgan fingerprint density at radius 1 is 1.43 bits per heavy atom. The summed E-state index contributed by atoms with van der Waals surface area (Å²) in [5.41, 5.74) is 1.97. The van der Waals surface area contributed by atoms with Crippen molar-refractivity contribution in [3.63, 3.8) is 0 Å². The first-order valence-electron chi connectivity index (χ1n) is 7.64. The van der Waals surface area contributed by atoms with Gasteiger partial charge in [0.2, 0.25) is 0 Å². The van der Waals surface area contributed by atoms with Gasteiger partial charge in [-0.3, -0.25) is 0 Å². The van der Waals surface area contributed by atoms with Gasteiger partial charge in [0.15, 0.2) is 0 Å². The summed E-state index contributed by atoms with van der Waals surface area (Å²) in [6.07, 6.45) is 0.916. The van der Waals surface area contributed by atoms with Gasteiger partial charge in [-0.1, -0.05) is 6.92 Å². The number of nitrogens with zero attached hydrogens (tertiary/aromatic N) is 1. The standard InChI is InChI=1S/C16H25FN2O2/c1-3-6-18-8-13-7-14(17)4-5-16(13)19-9-12(2)21-15(10-19)11-20/h4-5,7,12,15,18,20H,3,6,8-11H2,1-2H3. The fourth-order valence-corrected chi connectivity index (χ4v) is 2.75. The van der Waals surface area contributed by atoms with Crippen LogP contribution in [0.5, 0.6) is 0 Å². The van der Waals surface area contributed by atoms with Gasteiger partial charge in [0.05, 0.1) is 18.8 Å². The van der Waals surface area contributed by atoms with Crippen molar-refractivity contribution < 1.29 is 14.2 Å². The Bertz CT molecular complexity index is 456. The highest BCUT2D eigenvalue weighted by molar-refractivity contribution is 5.54. The van der Waals surface area contributed by atoms with Crippen molar-refractivity contribution in [3.05, 3.63) is 29.6 Å². The summed E-state index contributed by atoms with van der Waals surface area (Å²) in [7, 11) is 0. The van der Waals surface area contributed by atoms with Crippen molar-refractivity contribution in [3.8, 4) is 0 Å². The van der Waals surface area contributed by atoms with Gasteiger partial charge < -0.3 is 20.1 Å². The molecule has 1 aliphatic heterocycles. The Kier molecular flexibility index (Phi) is 5.96. The molecule has 0 saturated carbocycles. The molecule has 0 radical (unpaired) electrons. The van der Waals surface area contributed by atoms with Crippen molar-refractivity contribution in [1.29, 1.82) is 0 Å². The summed E-state index contributed by atoms with van der Waals surface area (Å²) in [6.45, 7) is 7.05. The number of halogens is 1. The zero-order valence-electron chi connectivity index (χ0n) is 12.8. The lowest BCUT2D eigenvalue weighted by molar-refractivity contribution is -0.0421. The van der Waals surface area contributed by atoms with E-state index in [0.29, 0.717) is 13.1 Å². The van der Waals surface area contributed by atoms with E-state index in [1.54, 1.807) is 6.07 Å². The first kappa shape index (κ1) is 16.2. The van der Waals surface area contributed by atoms with Crippen LogP contribution in [-0.4, -0.2) is 43.6 Å². The fourth-order valence-electron chi connectivity index (χ4n) is 2.75. The monoisotopic (exact) mass is 296 g/mol. The Hall–Kier alpha value is -1.17. The molecule has 21 heavy (non-hydrogen) atoms. The number of rotatable bonds is 6. The Morgan fingerprint density at radius 3 is 2.95 bits per heavy atom. The zero-order valence-corrected chi connectivity index (χ0v) is 12.8. The van der Waals surface area contributed by atoms with Gasteiger partial charge in [-0.15, -0.1) is 0 Å². The molecular weight excluding hydrogens is 271 g/mol. The van der Waals surface area contributed by atoms with E-state index >= 15 is 0 Å². The van der Waals surface area contributed by atoms with Gasteiger partial charge in [-0.25, -0.2) is 4.39 Å². The Labute approximate surface area is 125 Å². The highest BCUT2D eigenvalue weighted by Crippen LogP contribution is 2.25. The van der Waals surface area contributed by atoms with Crippen LogP contribution in [0.1, 0.15) is 25.8 Å². The molecule has 1 saturated heterocycles. The average molecular weight is 296 g/mol. The smallest absolute Gasteiger partial charge is 0.123 e. The van der Waals surface area contributed by atoms with Crippen LogP contribution in [0, 0.1) is 5.82 Å². The van der Waals surface area contributed by atoms with E-state index in [2.05, 4.69) is 17.1 Å². The molecule has 5 heteroatoms. The minimum Gasteiger partial charge on any atom is -0.394 e. The van der Waals surface area contributed by atoms with Gasteiger partial charge in [-0.05, 0) is 43.7 Å². The minimum atomic E-state index is -0.216. The van der Waals surface area contributed by atoms with Gasteiger partial charge in [0.1, 0.15) is 5.82 Å². The van der Waals surface area contributed by atoms with E-state index in [1.165, 1.54) is 6.07 Å². The summed E-state index contributed by atoms with van der Waals surface area (Å²) in [4.78, 5) is 2.18. The zero-order chi connectivity index (χ0) is 15.2. The third-order valence-corrected chi connectivity index (χ3v) is 3.65. The number of hydrogen-bond acceptors (Lipinski definition) is 4. The molecule has 0 bridgehead atoms. The van der Waals surface area contributed by atoms with Crippen LogP contribution in [0.15, 0.2) is 18.2 Å². The number of aliphatic hydroxyl groups is 1. The van der Waals surface area contributed by atoms with E-state index in [4.69, 9.17) is 4.74 Å². The van der Waals surface area contributed by atoms with E-state index < -0.39 is 0 Å². The molecule has 0 aliphatic carbocycles. The van der Waals surface area contributed by atoms with E-state index in [1.807, 2.05) is 13.0 Å².